The average Bonchev–Trinajstić information content (AvgIpc) is 3.06. The first kappa shape index (κ1) is 19.6. The van der Waals surface area contributed by atoms with Crippen LogP contribution in [0.5, 0.6) is 11.5 Å². The maximum atomic E-state index is 14.2. The summed E-state index contributed by atoms with van der Waals surface area (Å²) in [5.41, 5.74) is 1.79. The Labute approximate surface area is 169 Å². The van der Waals surface area contributed by atoms with Crippen molar-refractivity contribution < 1.29 is 13.5 Å². The SMILES string of the molecule is CC(C)Cn1ncc2cc(Oc3ccc(F)cc3F)c(NC3CCNCC3)cc21. The van der Waals surface area contributed by atoms with Gasteiger partial charge in [-0.2, -0.15) is 5.10 Å². The van der Waals surface area contributed by atoms with Crippen molar-refractivity contribution in [3.8, 4) is 11.5 Å². The molecule has 0 bridgehead atoms. The molecule has 0 amide bonds. The van der Waals surface area contributed by atoms with Crippen LogP contribution in [0.3, 0.4) is 0 Å². The fraction of sp³-hybridized carbons (Fsp3) is 0.409. The van der Waals surface area contributed by atoms with Crippen LogP contribution in [-0.2, 0) is 6.54 Å². The van der Waals surface area contributed by atoms with Crippen LogP contribution in [0.1, 0.15) is 26.7 Å². The summed E-state index contributed by atoms with van der Waals surface area (Å²) in [6.45, 7) is 7.01. The summed E-state index contributed by atoms with van der Waals surface area (Å²) in [4.78, 5) is 0. The van der Waals surface area contributed by atoms with Gasteiger partial charge in [-0.15, -0.1) is 0 Å². The van der Waals surface area contributed by atoms with Crippen molar-refractivity contribution >= 4 is 16.6 Å². The van der Waals surface area contributed by atoms with Crippen LogP contribution in [-0.4, -0.2) is 28.9 Å². The topological polar surface area (TPSA) is 51.1 Å². The molecule has 3 aromatic rings. The van der Waals surface area contributed by atoms with E-state index in [0.29, 0.717) is 17.7 Å². The Bertz CT molecular complexity index is 996. The van der Waals surface area contributed by atoms with Crippen molar-refractivity contribution in [2.75, 3.05) is 18.4 Å². The quantitative estimate of drug-likeness (QED) is 0.616. The molecule has 0 radical (unpaired) electrons. The Morgan fingerprint density at radius 3 is 2.69 bits per heavy atom. The predicted molar refractivity (Wildman–Crippen MR) is 111 cm³/mol. The van der Waals surface area contributed by atoms with Gasteiger partial charge in [0, 0.05) is 24.0 Å². The van der Waals surface area contributed by atoms with E-state index in [0.717, 1.165) is 55.1 Å². The van der Waals surface area contributed by atoms with Crippen molar-refractivity contribution in [2.45, 2.75) is 39.3 Å². The molecule has 0 atom stereocenters. The summed E-state index contributed by atoms with van der Waals surface area (Å²) in [7, 11) is 0. The largest absolute Gasteiger partial charge is 0.452 e. The summed E-state index contributed by atoms with van der Waals surface area (Å²) in [6, 6.07) is 7.52. The predicted octanol–water partition coefficient (Wildman–Crippen LogP) is 4.93. The van der Waals surface area contributed by atoms with Crippen molar-refractivity contribution in [3.63, 3.8) is 0 Å². The zero-order valence-corrected chi connectivity index (χ0v) is 16.7. The summed E-state index contributed by atoms with van der Waals surface area (Å²) < 4.78 is 35.3. The number of anilines is 1. The molecule has 5 nitrogen and oxygen atoms in total. The second-order valence-electron chi connectivity index (χ2n) is 7.97. The molecule has 0 aliphatic carbocycles. The average molecular weight is 400 g/mol. The van der Waals surface area contributed by atoms with E-state index in [1.54, 1.807) is 6.20 Å². The number of hydrogen-bond acceptors (Lipinski definition) is 4. The van der Waals surface area contributed by atoms with Gasteiger partial charge >= 0.3 is 0 Å². The summed E-state index contributed by atoms with van der Waals surface area (Å²) >= 11 is 0. The minimum Gasteiger partial charge on any atom is -0.452 e. The first-order valence-electron chi connectivity index (χ1n) is 10.1. The number of halogens is 2. The van der Waals surface area contributed by atoms with E-state index < -0.39 is 11.6 Å². The molecule has 1 fully saturated rings. The molecule has 0 spiro atoms. The highest BCUT2D eigenvalue weighted by Crippen LogP contribution is 2.36. The number of benzene rings is 2. The van der Waals surface area contributed by atoms with Crippen LogP contribution in [0, 0.1) is 17.6 Å². The monoisotopic (exact) mass is 400 g/mol. The Balaban J connectivity index is 1.72. The normalized spacial score (nSPS) is 15.2. The molecule has 1 aliphatic heterocycles. The third-order valence-electron chi connectivity index (χ3n) is 5.09. The van der Waals surface area contributed by atoms with E-state index in [4.69, 9.17) is 4.74 Å². The zero-order valence-electron chi connectivity index (χ0n) is 16.7. The Morgan fingerprint density at radius 1 is 1.17 bits per heavy atom. The Hall–Kier alpha value is -2.67. The molecule has 2 N–H and O–H groups in total. The summed E-state index contributed by atoms with van der Waals surface area (Å²) in [6.07, 6.45) is 3.78. The molecule has 2 heterocycles. The third kappa shape index (κ3) is 4.50. The van der Waals surface area contributed by atoms with Gasteiger partial charge in [0.1, 0.15) is 5.82 Å². The van der Waals surface area contributed by atoms with E-state index in [1.165, 1.54) is 12.1 Å². The van der Waals surface area contributed by atoms with Gasteiger partial charge in [-0.1, -0.05) is 13.8 Å². The Morgan fingerprint density at radius 2 is 1.97 bits per heavy atom. The van der Waals surface area contributed by atoms with E-state index in [9.17, 15) is 8.78 Å². The van der Waals surface area contributed by atoms with E-state index in [2.05, 4.69) is 29.6 Å². The van der Waals surface area contributed by atoms with E-state index >= 15 is 0 Å². The van der Waals surface area contributed by atoms with Crippen LogP contribution < -0.4 is 15.4 Å². The zero-order chi connectivity index (χ0) is 20.4. The van der Waals surface area contributed by atoms with E-state index in [-0.39, 0.29) is 5.75 Å². The molecular formula is C22H26F2N4O. The lowest BCUT2D eigenvalue weighted by Gasteiger charge is -2.26. The second-order valence-corrected chi connectivity index (χ2v) is 7.97. The molecule has 0 unspecified atom stereocenters. The molecule has 1 saturated heterocycles. The molecule has 7 heteroatoms. The smallest absolute Gasteiger partial charge is 0.168 e. The summed E-state index contributed by atoms with van der Waals surface area (Å²) in [5, 5.41) is 12.3. The van der Waals surface area contributed by atoms with Crippen molar-refractivity contribution in [1.82, 2.24) is 15.1 Å². The third-order valence-corrected chi connectivity index (χ3v) is 5.09. The fourth-order valence-corrected chi connectivity index (χ4v) is 3.66. The number of nitrogens with zero attached hydrogens (tertiary/aromatic N) is 2. The standard InChI is InChI=1S/C22H26F2N4O/c1-14(2)13-28-20-11-19(27-17-5-7-25-8-6-17)22(9-15(20)12-26-28)29-21-4-3-16(23)10-18(21)24/h3-4,9-12,14,17,25,27H,5-8,13H2,1-2H3. The molecule has 1 aliphatic rings. The van der Waals surface area contributed by atoms with Crippen LogP contribution in [0.4, 0.5) is 14.5 Å². The van der Waals surface area contributed by atoms with Gasteiger partial charge < -0.3 is 15.4 Å². The number of hydrogen-bond donors (Lipinski definition) is 2. The van der Waals surface area contributed by atoms with Crippen molar-refractivity contribution in [3.05, 3.63) is 48.2 Å². The molecule has 4 rings (SSSR count). The lowest BCUT2D eigenvalue weighted by molar-refractivity contribution is 0.436. The van der Waals surface area contributed by atoms with Crippen molar-refractivity contribution in [1.29, 1.82) is 0 Å². The second kappa shape index (κ2) is 8.37. The maximum Gasteiger partial charge on any atom is 0.168 e. The molecule has 1 aromatic heterocycles. The molecule has 0 saturated carbocycles. The first-order valence-corrected chi connectivity index (χ1v) is 10.1. The van der Waals surface area contributed by atoms with Gasteiger partial charge in [0.05, 0.1) is 17.4 Å². The maximum absolute atomic E-state index is 14.2. The Kier molecular flexibility index (Phi) is 5.67. The lowest BCUT2D eigenvalue weighted by Crippen LogP contribution is -2.35. The number of aromatic nitrogens is 2. The lowest BCUT2D eigenvalue weighted by atomic mass is 10.1. The van der Waals surface area contributed by atoms with Crippen molar-refractivity contribution in [2.24, 2.45) is 5.92 Å². The van der Waals surface area contributed by atoms with Gasteiger partial charge in [-0.3, -0.25) is 4.68 Å². The minimum absolute atomic E-state index is 0.00585. The minimum atomic E-state index is -0.728. The number of ether oxygens (including phenoxy) is 1. The number of nitrogens with one attached hydrogen (secondary N) is 2. The van der Waals surface area contributed by atoms with Crippen LogP contribution >= 0.6 is 0 Å². The molecule has 154 valence electrons. The molecule has 2 aromatic carbocycles. The highest BCUT2D eigenvalue weighted by molar-refractivity contribution is 5.86. The highest BCUT2D eigenvalue weighted by Gasteiger charge is 2.18. The molecule has 29 heavy (non-hydrogen) atoms. The summed E-state index contributed by atoms with van der Waals surface area (Å²) in [5.74, 6) is -0.399. The highest BCUT2D eigenvalue weighted by atomic mass is 19.1. The van der Waals surface area contributed by atoms with Gasteiger partial charge in [-0.05, 0) is 56.1 Å². The fourth-order valence-electron chi connectivity index (χ4n) is 3.66. The van der Waals surface area contributed by atoms with Gasteiger partial charge in [0.2, 0.25) is 0 Å². The van der Waals surface area contributed by atoms with Crippen LogP contribution in [0.25, 0.3) is 10.9 Å². The van der Waals surface area contributed by atoms with Gasteiger partial charge in [-0.25, -0.2) is 8.78 Å². The number of rotatable bonds is 6. The van der Waals surface area contributed by atoms with Gasteiger partial charge in [0.15, 0.2) is 17.3 Å². The number of fused-ring (bicyclic) bond motifs is 1. The van der Waals surface area contributed by atoms with Gasteiger partial charge in [0.25, 0.3) is 0 Å². The number of piperidine rings is 1. The first-order chi connectivity index (χ1) is 14.0. The van der Waals surface area contributed by atoms with E-state index in [1.807, 2.05) is 16.8 Å². The molecular weight excluding hydrogens is 374 g/mol. The van der Waals surface area contributed by atoms with Crippen LogP contribution in [0.2, 0.25) is 0 Å². The van der Waals surface area contributed by atoms with Crippen LogP contribution in [0.15, 0.2) is 36.5 Å².